The van der Waals surface area contributed by atoms with Crippen molar-refractivity contribution >= 4 is 5.71 Å². The topological polar surface area (TPSA) is 82.0 Å². The Morgan fingerprint density at radius 2 is 1.97 bits per heavy atom. The fraction of sp³-hybridized carbons (Fsp3) is 0.500. The van der Waals surface area contributed by atoms with Gasteiger partial charge >= 0.3 is 0 Å². The second-order valence-corrected chi connectivity index (χ2v) is 9.66. The third kappa shape index (κ3) is 6.62. The normalized spacial score (nSPS) is 18.1. The molecular weight excluding hydrogens is 436 g/mol. The van der Waals surface area contributed by atoms with Crippen molar-refractivity contribution in [3.8, 4) is 17.2 Å². The van der Waals surface area contributed by atoms with E-state index in [4.69, 9.17) is 23.8 Å². The first-order valence-corrected chi connectivity index (χ1v) is 11.6. The molecule has 2 aromatic carbocycles. The van der Waals surface area contributed by atoms with E-state index in [1.165, 1.54) is 0 Å². The van der Waals surface area contributed by atoms with Crippen molar-refractivity contribution in [2.75, 3.05) is 33.6 Å². The number of methoxy groups -OCH3 is 1. The number of aliphatic hydroxyl groups is 1. The lowest BCUT2D eigenvalue weighted by Gasteiger charge is -2.28. The summed E-state index contributed by atoms with van der Waals surface area (Å²) in [7, 11) is 1.66. The monoisotopic (exact) mass is 470 g/mol. The molecular formula is C26H34N2O6. The summed E-state index contributed by atoms with van der Waals surface area (Å²) in [5, 5.41) is 15.0. The van der Waals surface area contributed by atoms with Gasteiger partial charge in [0.15, 0.2) is 11.5 Å². The van der Waals surface area contributed by atoms with Crippen LogP contribution in [0.25, 0.3) is 0 Å². The van der Waals surface area contributed by atoms with Gasteiger partial charge in [-0.1, -0.05) is 17.3 Å². The van der Waals surface area contributed by atoms with Crippen LogP contribution in [0.2, 0.25) is 0 Å². The van der Waals surface area contributed by atoms with Crippen LogP contribution in [0.15, 0.2) is 47.6 Å². The molecule has 0 saturated carbocycles. The summed E-state index contributed by atoms with van der Waals surface area (Å²) in [6, 6.07) is 13.8. The van der Waals surface area contributed by atoms with Gasteiger partial charge in [0.2, 0.25) is 6.79 Å². The van der Waals surface area contributed by atoms with Crippen LogP contribution in [0.5, 0.6) is 17.2 Å². The van der Waals surface area contributed by atoms with Gasteiger partial charge in [0.25, 0.3) is 0 Å². The fourth-order valence-corrected chi connectivity index (χ4v) is 3.99. The Balaban J connectivity index is 1.40. The van der Waals surface area contributed by atoms with Crippen LogP contribution in [0.1, 0.15) is 38.3 Å². The summed E-state index contributed by atoms with van der Waals surface area (Å²) in [5.74, 6) is 2.28. The Morgan fingerprint density at radius 1 is 1.15 bits per heavy atom. The Kier molecular flexibility index (Phi) is 7.60. The molecule has 4 rings (SSSR count). The van der Waals surface area contributed by atoms with Crippen molar-refractivity contribution in [2.45, 2.75) is 51.5 Å². The van der Waals surface area contributed by atoms with Crippen LogP contribution in [-0.4, -0.2) is 67.1 Å². The highest BCUT2D eigenvalue weighted by Gasteiger charge is 2.27. The lowest BCUT2D eigenvalue weighted by atomic mass is 10.0. The van der Waals surface area contributed by atoms with Crippen molar-refractivity contribution in [1.29, 1.82) is 0 Å². The number of rotatable bonds is 10. The van der Waals surface area contributed by atoms with Gasteiger partial charge in [0.1, 0.15) is 11.9 Å². The summed E-state index contributed by atoms with van der Waals surface area (Å²) >= 11 is 0. The van der Waals surface area contributed by atoms with Crippen LogP contribution < -0.4 is 14.2 Å². The zero-order valence-electron chi connectivity index (χ0n) is 20.3. The van der Waals surface area contributed by atoms with E-state index >= 15 is 0 Å². The van der Waals surface area contributed by atoms with E-state index in [0.717, 1.165) is 34.1 Å². The maximum Gasteiger partial charge on any atom is 0.231 e. The number of aliphatic hydroxyl groups excluding tert-OH is 1. The zero-order chi connectivity index (χ0) is 24.1. The molecule has 2 heterocycles. The molecule has 2 atom stereocenters. The lowest BCUT2D eigenvalue weighted by Crippen LogP contribution is -2.40. The molecule has 1 N–H and O–H groups in total. The molecule has 0 aliphatic carbocycles. The minimum absolute atomic E-state index is 0.123. The molecule has 0 spiro atoms. The van der Waals surface area contributed by atoms with Gasteiger partial charge in [-0.25, -0.2) is 0 Å². The van der Waals surface area contributed by atoms with E-state index in [1.807, 2.05) is 57.2 Å². The van der Waals surface area contributed by atoms with Crippen LogP contribution in [0.3, 0.4) is 0 Å². The molecule has 8 nitrogen and oxygen atoms in total. The molecule has 0 amide bonds. The smallest absolute Gasteiger partial charge is 0.231 e. The van der Waals surface area contributed by atoms with E-state index < -0.39 is 6.10 Å². The minimum atomic E-state index is -0.625. The molecule has 0 radical (unpaired) electrons. The largest absolute Gasteiger partial charge is 0.497 e. The first-order valence-electron chi connectivity index (χ1n) is 11.6. The van der Waals surface area contributed by atoms with E-state index in [2.05, 4.69) is 16.1 Å². The van der Waals surface area contributed by atoms with Crippen LogP contribution >= 0.6 is 0 Å². The third-order valence-corrected chi connectivity index (χ3v) is 5.62. The summed E-state index contributed by atoms with van der Waals surface area (Å²) in [4.78, 5) is 7.96. The minimum Gasteiger partial charge on any atom is -0.497 e. The highest BCUT2D eigenvalue weighted by atomic mass is 16.7. The predicted molar refractivity (Wildman–Crippen MR) is 129 cm³/mol. The molecule has 0 saturated heterocycles. The number of fused-ring (bicyclic) bond motifs is 1. The maximum absolute atomic E-state index is 10.7. The molecule has 2 aliphatic rings. The van der Waals surface area contributed by atoms with Gasteiger partial charge in [0, 0.05) is 31.6 Å². The average Bonchev–Trinajstić information content (AvgIpc) is 3.46. The third-order valence-electron chi connectivity index (χ3n) is 5.62. The van der Waals surface area contributed by atoms with Crippen molar-refractivity contribution < 1.29 is 28.9 Å². The molecule has 2 aliphatic heterocycles. The number of hydrogen-bond donors (Lipinski definition) is 1. The highest BCUT2D eigenvalue weighted by Crippen LogP contribution is 2.33. The number of oxime groups is 1. The highest BCUT2D eigenvalue weighted by molar-refractivity contribution is 6.01. The molecule has 2 aromatic rings. The van der Waals surface area contributed by atoms with E-state index in [0.29, 0.717) is 26.1 Å². The molecule has 0 bridgehead atoms. The Bertz CT molecular complexity index is 1000. The maximum atomic E-state index is 10.7. The van der Waals surface area contributed by atoms with Crippen LogP contribution in [0.4, 0.5) is 0 Å². The Morgan fingerprint density at radius 3 is 2.76 bits per heavy atom. The van der Waals surface area contributed by atoms with Gasteiger partial charge in [-0.05, 0) is 56.7 Å². The summed E-state index contributed by atoms with van der Waals surface area (Å²) in [6.07, 6.45) is -0.0784. The molecule has 8 heteroatoms. The fourth-order valence-electron chi connectivity index (χ4n) is 3.99. The van der Waals surface area contributed by atoms with Crippen molar-refractivity contribution in [1.82, 2.24) is 4.90 Å². The second kappa shape index (κ2) is 10.6. The van der Waals surface area contributed by atoms with Crippen LogP contribution in [-0.2, 0) is 16.1 Å². The van der Waals surface area contributed by atoms with Gasteiger partial charge in [-0.2, -0.15) is 0 Å². The summed E-state index contributed by atoms with van der Waals surface area (Å²) in [5.41, 5.74) is 2.63. The number of benzene rings is 2. The number of nitrogens with zero attached hydrogens (tertiary/aromatic N) is 2. The first kappa shape index (κ1) is 24.3. The Hall–Kier alpha value is -2.81. The van der Waals surface area contributed by atoms with Crippen molar-refractivity contribution in [3.05, 3.63) is 53.6 Å². The molecule has 34 heavy (non-hydrogen) atoms. The summed E-state index contributed by atoms with van der Waals surface area (Å²) in [6.45, 7) is 8.16. The zero-order valence-corrected chi connectivity index (χ0v) is 20.3. The van der Waals surface area contributed by atoms with Gasteiger partial charge in [0.05, 0.1) is 31.1 Å². The van der Waals surface area contributed by atoms with E-state index in [-0.39, 0.29) is 25.1 Å². The average molecular weight is 471 g/mol. The molecule has 184 valence electrons. The van der Waals surface area contributed by atoms with Crippen LogP contribution in [0, 0.1) is 0 Å². The summed E-state index contributed by atoms with van der Waals surface area (Å²) < 4.78 is 22.0. The first-order chi connectivity index (χ1) is 16.3. The van der Waals surface area contributed by atoms with Gasteiger partial charge < -0.3 is 28.9 Å². The molecule has 0 aromatic heterocycles. The number of ether oxygens (including phenoxy) is 4. The number of hydrogen-bond acceptors (Lipinski definition) is 8. The molecule has 0 fully saturated rings. The predicted octanol–water partition coefficient (Wildman–Crippen LogP) is 3.60. The van der Waals surface area contributed by atoms with Gasteiger partial charge in [-0.3, -0.25) is 4.90 Å². The Labute approximate surface area is 201 Å². The van der Waals surface area contributed by atoms with E-state index in [1.54, 1.807) is 7.11 Å². The molecule has 0 unspecified atom stereocenters. The lowest BCUT2D eigenvalue weighted by molar-refractivity contribution is -0.0600. The van der Waals surface area contributed by atoms with Crippen molar-refractivity contribution in [2.24, 2.45) is 5.16 Å². The SMILES string of the molecule is COc1cccc(CN(C[C@@H](O)COC(C)(C)C)C[C@@H]2CC(c3ccc4c(c3)OCO4)=NO2)c1. The van der Waals surface area contributed by atoms with E-state index in [9.17, 15) is 5.11 Å². The van der Waals surface area contributed by atoms with Gasteiger partial charge in [-0.15, -0.1) is 0 Å². The quantitative estimate of drug-likeness (QED) is 0.568. The second-order valence-electron chi connectivity index (χ2n) is 9.66. The van der Waals surface area contributed by atoms with Crippen molar-refractivity contribution in [3.63, 3.8) is 0 Å². The standard InChI is InChI=1S/C26H34N2O6/c1-26(2,3)33-16-20(29)14-28(13-18-6-5-7-21(10-18)30-4)15-22-12-23(27-34-22)19-8-9-24-25(11-19)32-17-31-24/h5-11,20,22,29H,12-17H2,1-4H3/t20-,22+/m1/s1.